The van der Waals surface area contributed by atoms with Crippen molar-refractivity contribution in [2.75, 3.05) is 27.4 Å². The van der Waals surface area contributed by atoms with E-state index in [1.54, 1.807) is 20.3 Å². The summed E-state index contributed by atoms with van der Waals surface area (Å²) in [5.74, 6) is 0.621. The average Bonchev–Trinajstić information content (AvgIpc) is 2.37. The zero-order valence-electron chi connectivity index (χ0n) is 10.4. The lowest BCUT2D eigenvalue weighted by molar-refractivity contribution is -0.116. The van der Waals surface area contributed by atoms with E-state index in [1.807, 2.05) is 18.2 Å². The SMILES string of the molecule is COCCNC(=O)/C=C/c1ccc(OC)c(Br)c1. The maximum Gasteiger partial charge on any atom is 0.244 e. The molecule has 18 heavy (non-hydrogen) atoms. The van der Waals surface area contributed by atoms with E-state index in [9.17, 15) is 4.79 Å². The van der Waals surface area contributed by atoms with Crippen LogP contribution in [0.4, 0.5) is 0 Å². The maximum atomic E-state index is 11.4. The van der Waals surface area contributed by atoms with Gasteiger partial charge >= 0.3 is 0 Å². The summed E-state index contributed by atoms with van der Waals surface area (Å²) in [4.78, 5) is 11.4. The van der Waals surface area contributed by atoms with Gasteiger partial charge in [-0.2, -0.15) is 0 Å². The molecule has 1 aromatic rings. The van der Waals surface area contributed by atoms with E-state index >= 15 is 0 Å². The van der Waals surface area contributed by atoms with E-state index in [0.717, 1.165) is 15.8 Å². The predicted octanol–water partition coefficient (Wildman–Crippen LogP) is 2.23. The monoisotopic (exact) mass is 313 g/mol. The molecule has 0 fully saturated rings. The number of hydrogen-bond acceptors (Lipinski definition) is 3. The molecular weight excluding hydrogens is 298 g/mol. The summed E-state index contributed by atoms with van der Waals surface area (Å²) in [7, 11) is 3.20. The number of ether oxygens (including phenoxy) is 2. The van der Waals surface area contributed by atoms with Crippen LogP contribution < -0.4 is 10.1 Å². The van der Waals surface area contributed by atoms with Crippen LogP contribution in [0.1, 0.15) is 5.56 Å². The van der Waals surface area contributed by atoms with Gasteiger partial charge < -0.3 is 14.8 Å². The quantitative estimate of drug-likeness (QED) is 0.647. The highest BCUT2D eigenvalue weighted by molar-refractivity contribution is 9.10. The Bertz CT molecular complexity index is 432. The van der Waals surface area contributed by atoms with Crippen molar-refractivity contribution in [2.45, 2.75) is 0 Å². The van der Waals surface area contributed by atoms with Gasteiger partial charge in [-0.25, -0.2) is 0 Å². The second kappa shape index (κ2) is 7.89. The fraction of sp³-hybridized carbons (Fsp3) is 0.308. The highest BCUT2D eigenvalue weighted by Gasteiger charge is 2.00. The normalized spacial score (nSPS) is 10.6. The summed E-state index contributed by atoms with van der Waals surface area (Å²) in [6.45, 7) is 1.01. The minimum Gasteiger partial charge on any atom is -0.496 e. The first-order valence-corrected chi connectivity index (χ1v) is 6.25. The summed E-state index contributed by atoms with van der Waals surface area (Å²) in [5, 5.41) is 2.70. The van der Waals surface area contributed by atoms with Crippen molar-refractivity contribution in [3.63, 3.8) is 0 Å². The Balaban J connectivity index is 2.56. The number of hydrogen-bond donors (Lipinski definition) is 1. The van der Waals surface area contributed by atoms with Crippen molar-refractivity contribution in [3.05, 3.63) is 34.3 Å². The maximum absolute atomic E-state index is 11.4. The van der Waals surface area contributed by atoms with Gasteiger partial charge in [-0.05, 0) is 39.7 Å². The molecule has 1 rings (SSSR count). The molecule has 1 amide bonds. The van der Waals surface area contributed by atoms with Gasteiger partial charge in [0.15, 0.2) is 0 Å². The second-order valence-corrected chi connectivity index (χ2v) is 4.37. The fourth-order valence-corrected chi connectivity index (χ4v) is 1.85. The number of amides is 1. The van der Waals surface area contributed by atoms with Crippen LogP contribution in [-0.2, 0) is 9.53 Å². The van der Waals surface area contributed by atoms with Crippen LogP contribution in [0.5, 0.6) is 5.75 Å². The van der Waals surface area contributed by atoms with E-state index in [0.29, 0.717) is 13.2 Å². The zero-order valence-corrected chi connectivity index (χ0v) is 12.0. The Hall–Kier alpha value is -1.33. The second-order valence-electron chi connectivity index (χ2n) is 3.51. The summed E-state index contributed by atoms with van der Waals surface area (Å²) in [5.41, 5.74) is 0.921. The van der Waals surface area contributed by atoms with Gasteiger partial charge in [-0.1, -0.05) is 6.07 Å². The van der Waals surface area contributed by atoms with Crippen molar-refractivity contribution in [3.8, 4) is 5.75 Å². The lowest BCUT2D eigenvalue weighted by Gasteiger charge is -2.03. The van der Waals surface area contributed by atoms with Crippen molar-refractivity contribution >= 4 is 27.9 Å². The van der Waals surface area contributed by atoms with Gasteiger partial charge in [-0.3, -0.25) is 4.79 Å². The minimum atomic E-state index is -0.140. The number of benzene rings is 1. The molecule has 1 N–H and O–H groups in total. The van der Waals surface area contributed by atoms with E-state index in [-0.39, 0.29) is 5.91 Å². The first-order chi connectivity index (χ1) is 8.67. The summed E-state index contributed by atoms with van der Waals surface area (Å²) in [6, 6.07) is 5.60. The largest absolute Gasteiger partial charge is 0.496 e. The zero-order chi connectivity index (χ0) is 13.4. The highest BCUT2D eigenvalue weighted by Crippen LogP contribution is 2.25. The minimum absolute atomic E-state index is 0.140. The number of methoxy groups -OCH3 is 2. The predicted molar refractivity (Wildman–Crippen MR) is 74.6 cm³/mol. The van der Waals surface area contributed by atoms with Crippen LogP contribution in [0.15, 0.2) is 28.7 Å². The molecule has 0 aliphatic carbocycles. The topological polar surface area (TPSA) is 47.6 Å². The van der Waals surface area contributed by atoms with Crippen molar-refractivity contribution in [1.29, 1.82) is 0 Å². The molecular formula is C13H16BrNO3. The highest BCUT2D eigenvalue weighted by atomic mass is 79.9. The molecule has 0 saturated heterocycles. The number of carbonyl (C=O) groups is 1. The number of carbonyl (C=O) groups excluding carboxylic acids is 1. The van der Waals surface area contributed by atoms with Gasteiger partial charge in [0.25, 0.3) is 0 Å². The van der Waals surface area contributed by atoms with Gasteiger partial charge in [0, 0.05) is 19.7 Å². The van der Waals surface area contributed by atoms with Crippen LogP contribution in [0.2, 0.25) is 0 Å². The molecule has 0 aromatic heterocycles. The molecule has 0 spiro atoms. The smallest absolute Gasteiger partial charge is 0.244 e. The molecule has 4 nitrogen and oxygen atoms in total. The van der Waals surface area contributed by atoms with Crippen molar-refractivity contribution in [2.24, 2.45) is 0 Å². The summed E-state index contributed by atoms with van der Waals surface area (Å²) >= 11 is 3.39. The first-order valence-electron chi connectivity index (χ1n) is 5.45. The van der Waals surface area contributed by atoms with Crippen molar-refractivity contribution < 1.29 is 14.3 Å². The summed E-state index contributed by atoms with van der Waals surface area (Å²) < 4.78 is 10.8. The van der Waals surface area contributed by atoms with E-state index in [2.05, 4.69) is 21.2 Å². The Morgan fingerprint density at radius 1 is 1.44 bits per heavy atom. The van der Waals surface area contributed by atoms with E-state index in [1.165, 1.54) is 6.08 Å². The van der Waals surface area contributed by atoms with Crippen LogP contribution in [0.3, 0.4) is 0 Å². The Morgan fingerprint density at radius 3 is 2.83 bits per heavy atom. The Kier molecular flexibility index (Phi) is 6.46. The molecule has 98 valence electrons. The molecule has 1 aromatic carbocycles. The third kappa shape index (κ3) is 4.89. The Morgan fingerprint density at radius 2 is 2.22 bits per heavy atom. The van der Waals surface area contributed by atoms with Crippen LogP contribution in [0.25, 0.3) is 6.08 Å². The number of halogens is 1. The molecule has 5 heteroatoms. The molecule has 0 heterocycles. The molecule has 0 radical (unpaired) electrons. The standard InChI is InChI=1S/C13H16BrNO3/c1-17-8-7-15-13(16)6-4-10-3-5-12(18-2)11(14)9-10/h3-6,9H,7-8H2,1-2H3,(H,15,16)/b6-4+. The van der Waals surface area contributed by atoms with Crippen LogP contribution in [0, 0.1) is 0 Å². The fourth-order valence-electron chi connectivity index (χ4n) is 1.29. The number of nitrogens with one attached hydrogen (secondary N) is 1. The third-order valence-corrected chi connectivity index (χ3v) is 2.83. The van der Waals surface area contributed by atoms with Gasteiger partial charge in [-0.15, -0.1) is 0 Å². The van der Waals surface area contributed by atoms with E-state index < -0.39 is 0 Å². The average molecular weight is 314 g/mol. The lowest BCUT2D eigenvalue weighted by atomic mass is 10.2. The summed E-state index contributed by atoms with van der Waals surface area (Å²) in [6.07, 6.45) is 3.23. The van der Waals surface area contributed by atoms with Crippen LogP contribution in [-0.4, -0.2) is 33.3 Å². The van der Waals surface area contributed by atoms with Gasteiger partial charge in [0.2, 0.25) is 5.91 Å². The van der Waals surface area contributed by atoms with Gasteiger partial charge in [0.05, 0.1) is 18.2 Å². The molecule has 0 unspecified atom stereocenters. The molecule has 0 atom stereocenters. The van der Waals surface area contributed by atoms with Crippen molar-refractivity contribution in [1.82, 2.24) is 5.32 Å². The molecule has 0 aliphatic rings. The number of rotatable bonds is 6. The Labute approximate surface area is 115 Å². The third-order valence-electron chi connectivity index (χ3n) is 2.21. The van der Waals surface area contributed by atoms with Crippen LogP contribution >= 0.6 is 15.9 Å². The molecule has 0 bridgehead atoms. The molecule has 0 aliphatic heterocycles. The van der Waals surface area contributed by atoms with E-state index in [4.69, 9.17) is 9.47 Å². The first kappa shape index (κ1) is 14.7. The van der Waals surface area contributed by atoms with Gasteiger partial charge in [0.1, 0.15) is 5.75 Å². The lowest BCUT2D eigenvalue weighted by Crippen LogP contribution is -2.24. The molecule has 0 saturated carbocycles.